The molecule has 0 bridgehead atoms. The average Bonchev–Trinajstić information content (AvgIpc) is 2.27. The van der Waals surface area contributed by atoms with Gasteiger partial charge in [0.1, 0.15) is 0 Å². The molecule has 92 valence electrons. The first kappa shape index (κ1) is 12.3. The van der Waals surface area contributed by atoms with E-state index < -0.39 is 0 Å². The van der Waals surface area contributed by atoms with Gasteiger partial charge in [-0.2, -0.15) is 0 Å². The van der Waals surface area contributed by atoms with Crippen molar-refractivity contribution in [2.24, 2.45) is 0 Å². The summed E-state index contributed by atoms with van der Waals surface area (Å²) < 4.78 is 14.2. The third-order valence-corrected chi connectivity index (χ3v) is 3.21. The van der Waals surface area contributed by atoms with Crippen LogP contribution in [0.4, 0.5) is 10.2 Å². The van der Waals surface area contributed by atoms with Crippen LogP contribution in [0.1, 0.15) is 12.8 Å². The molecule has 1 aromatic heterocycles. The first-order chi connectivity index (χ1) is 8.06. The van der Waals surface area contributed by atoms with E-state index in [0.29, 0.717) is 23.9 Å². The summed E-state index contributed by atoms with van der Waals surface area (Å²) in [7, 11) is 1.75. The number of carbonyl (C=O) groups excluding carboxylic acids is 1. The molecule has 1 fully saturated rings. The predicted octanol–water partition coefficient (Wildman–Crippen LogP) is 2.02. The van der Waals surface area contributed by atoms with Crippen LogP contribution in [-0.2, 0) is 4.79 Å². The van der Waals surface area contributed by atoms with Gasteiger partial charge in [-0.3, -0.25) is 4.79 Å². The Balaban J connectivity index is 2.03. The normalized spacial score (nSPS) is 20.5. The number of likely N-dealkylation sites (tertiary alicyclic amines) is 1. The summed E-state index contributed by atoms with van der Waals surface area (Å²) in [4.78, 5) is 16.9. The van der Waals surface area contributed by atoms with Crippen molar-refractivity contribution >= 4 is 27.7 Å². The lowest BCUT2D eigenvalue weighted by molar-refractivity contribution is -0.132. The molecule has 1 aromatic rings. The number of piperidine rings is 1. The Morgan fingerprint density at radius 2 is 2.41 bits per heavy atom. The second-order valence-corrected chi connectivity index (χ2v) is 5.05. The Morgan fingerprint density at radius 1 is 1.65 bits per heavy atom. The highest BCUT2D eigenvalue weighted by atomic mass is 79.9. The van der Waals surface area contributed by atoms with Crippen LogP contribution in [0.15, 0.2) is 16.7 Å². The molecule has 2 rings (SSSR count). The number of halogens is 2. The number of aromatic nitrogens is 1. The minimum absolute atomic E-state index is 0.0564. The van der Waals surface area contributed by atoms with E-state index in [2.05, 4.69) is 26.2 Å². The van der Waals surface area contributed by atoms with Crippen LogP contribution in [0.2, 0.25) is 0 Å². The third-order valence-electron chi connectivity index (χ3n) is 2.78. The largest absolute Gasteiger partial charge is 0.363 e. The Morgan fingerprint density at radius 3 is 3.06 bits per heavy atom. The van der Waals surface area contributed by atoms with Crippen LogP contribution in [0, 0.1) is 5.82 Å². The standard InChI is InChI=1S/C11H13BrFN3O/c1-16-6-8(2-3-10(16)17)15-11-9(13)4-7(12)5-14-11/h4-5,8H,2-3,6H2,1H3,(H,14,15). The number of likely N-dealkylation sites (N-methyl/N-ethyl adjacent to an activating group) is 1. The van der Waals surface area contributed by atoms with E-state index in [9.17, 15) is 9.18 Å². The molecule has 17 heavy (non-hydrogen) atoms. The number of nitrogens with zero attached hydrogens (tertiary/aromatic N) is 2. The van der Waals surface area contributed by atoms with Gasteiger partial charge in [0.2, 0.25) is 5.91 Å². The minimum Gasteiger partial charge on any atom is -0.363 e. The lowest BCUT2D eigenvalue weighted by Gasteiger charge is -2.30. The molecule has 1 N–H and O–H groups in total. The van der Waals surface area contributed by atoms with Crippen molar-refractivity contribution in [1.82, 2.24) is 9.88 Å². The van der Waals surface area contributed by atoms with E-state index in [1.165, 1.54) is 6.07 Å². The summed E-state index contributed by atoms with van der Waals surface area (Å²) in [6.07, 6.45) is 2.75. The van der Waals surface area contributed by atoms with Crippen LogP contribution >= 0.6 is 15.9 Å². The summed E-state index contributed by atoms with van der Waals surface area (Å²) >= 11 is 3.16. The van der Waals surface area contributed by atoms with E-state index in [4.69, 9.17) is 0 Å². The van der Waals surface area contributed by atoms with E-state index in [0.717, 1.165) is 0 Å². The first-order valence-electron chi connectivity index (χ1n) is 5.38. The quantitative estimate of drug-likeness (QED) is 0.909. The summed E-state index contributed by atoms with van der Waals surface area (Å²) in [6.45, 7) is 0.579. The number of hydrogen-bond donors (Lipinski definition) is 1. The van der Waals surface area contributed by atoms with Crippen molar-refractivity contribution in [3.63, 3.8) is 0 Å². The fourth-order valence-corrected chi connectivity index (χ4v) is 2.15. The van der Waals surface area contributed by atoms with Crippen LogP contribution < -0.4 is 5.32 Å². The molecule has 1 aliphatic rings. The maximum atomic E-state index is 13.5. The summed E-state index contributed by atoms with van der Waals surface area (Å²) in [5.74, 6) is -0.0211. The Labute approximate surface area is 107 Å². The van der Waals surface area contributed by atoms with Crippen molar-refractivity contribution in [2.75, 3.05) is 18.9 Å². The molecular formula is C11H13BrFN3O. The van der Waals surface area contributed by atoms with Gasteiger partial charge >= 0.3 is 0 Å². The van der Waals surface area contributed by atoms with Crippen molar-refractivity contribution in [1.29, 1.82) is 0 Å². The van der Waals surface area contributed by atoms with Gasteiger partial charge in [0.25, 0.3) is 0 Å². The van der Waals surface area contributed by atoms with Crippen molar-refractivity contribution in [3.8, 4) is 0 Å². The zero-order valence-corrected chi connectivity index (χ0v) is 11.0. The van der Waals surface area contributed by atoms with E-state index in [1.54, 1.807) is 18.1 Å². The van der Waals surface area contributed by atoms with Crippen molar-refractivity contribution in [3.05, 3.63) is 22.6 Å². The van der Waals surface area contributed by atoms with E-state index in [-0.39, 0.29) is 23.6 Å². The van der Waals surface area contributed by atoms with Crippen LogP contribution in [0.3, 0.4) is 0 Å². The number of rotatable bonds is 2. The zero-order chi connectivity index (χ0) is 12.4. The number of nitrogens with one attached hydrogen (secondary N) is 1. The molecule has 1 amide bonds. The van der Waals surface area contributed by atoms with Gasteiger partial charge in [-0.25, -0.2) is 9.37 Å². The fraction of sp³-hybridized carbons (Fsp3) is 0.455. The van der Waals surface area contributed by atoms with Crippen LogP contribution in [0.5, 0.6) is 0 Å². The summed E-state index contributed by atoms with van der Waals surface area (Å²) in [5, 5.41) is 3.03. The molecule has 1 unspecified atom stereocenters. The van der Waals surface area contributed by atoms with Gasteiger partial charge in [-0.1, -0.05) is 0 Å². The molecule has 4 nitrogen and oxygen atoms in total. The second kappa shape index (κ2) is 5.00. The Kier molecular flexibility index (Phi) is 3.61. The Hall–Kier alpha value is -1.17. The number of hydrogen-bond acceptors (Lipinski definition) is 3. The highest BCUT2D eigenvalue weighted by Crippen LogP contribution is 2.19. The number of amides is 1. The van der Waals surface area contributed by atoms with Gasteiger partial charge in [0.05, 0.1) is 0 Å². The topological polar surface area (TPSA) is 45.2 Å². The SMILES string of the molecule is CN1CC(Nc2ncc(Br)cc2F)CCC1=O. The molecule has 0 aliphatic carbocycles. The molecule has 1 atom stereocenters. The Bertz CT molecular complexity index is 441. The molecule has 0 saturated carbocycles. The summed E-state index contributed by atoms with van der Waals surface area (Å²) in [6, 6.07) is 1.42. The van der Waals surface area contributed by atoms with Gasteiger partial charge in [0.15, 0.2) is 11.6 Å². The molecule has 0 spiro atoms. The second-order valence-electron chi connectivity index (χ2n) is 4.14. The number of anilines is 1. The molecule has 0 aromatic carbocycles. The monoisotopic (exact) mass is 301 g/mol. The van der Waals surface area contributed by atoms with Gasteiger partial charge in [0, 0.05) is 36.7 Å². The highest BCUT2D eigenvalue weighted by molar-refractivity contribution is 9.10. The zero-order valence-electron chi connectivity index (χ0n) is 9.41. The van der Waals surface area contributed by atoms with Crippen LogP contribution in [-0.4, -0.2) is 35.4 Å². The average molecular weight is 302 g/mol. The molecule has 1 saturated heterocycles. The van der Waals surface area contributed by atoms with Gasteiger partial charge in [-0.15, -0.1) is 0 Å². The smallest absolute Gasteiger partial charge is 0.222 e. The molecule has 6 heteroatoms. The minimum atomic E-state index is -0.390. The van der Waals surface area contributed by atoms with E-state index in [1.807, 2.05) is 0 Å². The maximum Gasteiger partial charge on any atom is 0.222 e. The maximum absolute atomic E-state index is 13.5. The summed E-state index contributed by atoms with van der Waals surface area (Å²) in [5.41, 5.74) is 0. The number of carbonyl (C=O) groups is 1. The van der Waals surface area contributed by atoms with Crippen molar-refractivity contribution in [2.45, 2.75) is 18.9 Å². The first-order valence-corrected chi connectivity index (χ1v) is 6.17. The third kappa shape index (κ3) is 2.94. The van der Waals surface area contributed by atoms with Crippen molar-refractivity contribution < 1.29 is 9.18 Å². The molecule has 1 aliphatic heterocycles. The molecular weight excluding hydrogens is 289 g/mol. The molecule has 0 radical (unpaired) electrons. The van der Waals surface area contributed by atoms with E-state index >= 15 is 0 Å². The lowest BCUT2D eigenvalue weighted by atomic mass is 10.1. The lowest BCUT2D eigenvalue weighted by Crippen LogP contribution is -2.43. The predicted molar refractivity (Wildman–Crippen MR) is 66.2 cm³/mol. The van der Waals surface area contributed by atoms with Gasteiger partial charge in [-0.05, 0) is 28.4 Å². The molecule has 2 heterocycles. The fourth-order valence-electron chi connectivity index (χ4n) is 1.84. The highest BCUT2D eigenvalue weighted by Gasteiger charge is 2.23. The van der Waals surface area contributed by atoms with Gasteiger partial charge < -0.3 is 10.2 Å². The van der Waals surface area contributed by atoms with Crippen LogP contribution in [0.25, 0.3) is 0 Å². The number of pyridine rings is 1.